The lowest BCUT2D eigenvalue weighted by Crippen LogP contribution is -2.23. The third-order valence-electron chi connectivity index (χ3n) is 2.74. The summed E-state index contributed by atoms with van der Waals surface area (Å²) in [5, 5.41) is 5.99. The highest BCUT2D eigenvalue weighted by molar-refractivity contribution is 9.11. The molecule has 5 heteroatoms. The molecule has 0 aliphatic heterocycles. The summed E-state index contributed by atoms with van der Waals surface area (Å²) in [4.78, 5) is 13.3. The van der Waals surface area contributed by atoms with E-state index in [-0.39, 0.29) is 5.91 Å². The minimum atomic E-state index is -0.0612. The Morgan fingerprint density at radius 3 is 2.74 bits per heavy atom. The van der Waals surface area contributed by atoms with Crippen LogP contribution in [0.5, 0.6) is 0 Å². The minimum absolute atomic E-state index is 0.0612. The number of aryl methyl sites for hydroxylation is 1. The lowest BCUT2D eigenvalue weighted by molar-refractivity contribution is 0.0952. The Balaban J connectivity index is 2.07. The van der Waals surface area contributed by atoms with Gasteiger partial charge in [-0.1, -0.05) is 6.07 Å². The van der Waals surface area contributed by atoms with Gasteiger partial charge in [0.2, 0.25) is 0 Å². The molecule has 2 aromatic rings. The van der Waals surface area contributed by atoms with Crippen molar-refractivity contribution < 1.29 is 4.79 Å². The van der Waals surface area contributed by atoms with Crippen molar-refractivity contribution in [3.8, 4) is 0 Å². The van der Waals surface area contributed by atoms with Crippen molar-refractivity contribution in [3.63, 3.8) is 0 Å². The average molecular weight is 339 g/mol. The smallest absolute Gasteiger partial charge is 0.253 e. The van der Waals surface area contributed by atoms with E-state index in [9.17, 15) is 4.79 Å². The van der Waals surface area contributed by atoms with E-state index in [4.69, 9.17) is 0 Å². The molecule has 1 amide bonds. The molecule has 0 aliphatic rings. The summed E-state index contributed by atoms with van der Waals surface area (Å²) in [5.41, 5.74) is 2.65. The van der Waals surface area contributed by atoms with Crippen LogP contribution in [0.15, 0.2) is 34.1 Å². The summed E-state index contributed by atoms with van der Waals surface area (Å²) in [6.45, 7) is 2.55. The molecular weight excluding hydrogens is 324 g/mol. The van der Waals surface area contributed by atoms with Crippen molar-refractivity contribution in [2.75, 3.05) is 12.4 Å². The quantitative estimate of drug-likeness (QED) is 0.890. The maximum atomic E-state index is 12.2. The fourth-order valence-electron chi connectivity index (χ4n) is 1.77. The van der Waals surface area contributed by atoms with E-state index in [1.165, 1.54) is 0 Å². The monoisotopic (exact) mass is 338 g/mol. The molecule has 0 unspecified atom stereocenters. The second-order valence-electron chi connectivity index (χ2n) is 4.19. The molecule has 100 valence electrons. The van der Waals surface area contributed by atoms with Crippen molar-refractivity contribution >= 4 is 38.9 Å². The van der Waals surface area contributed by atoms with Crippen LogP contribution in [0.2, 0.25) is 0 Å². The second kappa shape index (κ2) is 6.21. The summed E-state index contributed by atoms with van der Waals surface area (Å²) in [6, 6.07) is 9.75. The summed E-state index contributed by atoms with van der Waals surface area (Å²) in [7, 11) is 1.82. The zero-order valence-corrected chi connectivity index (χ0v) is 13.2. The summed E-state index contributed by atoms with van der Waals surface area (Å²) < 4.78 is 1.07. The predicted octanol–water partition coefficient (Wildman–Crippen LogP) is 3.79. The third-order valence-corrected chi connectivity index (χ3v) is 4.36. The van der Waals surface area contributed by atoms with Crippen LogP contribution in [0.4, 0.5) is 5.69 Å². The molecule has 0 saturated carbocycles. The number of nitrogens with one attached hydrogen (secondary N) is 2. The number of rotatable bonds is 4. The van der Waals surface area contributed by atoms with Gasteiger partial charge in [0.25, 0.3) is 5.91 Å². The van der Waals surface area contributed by atoms with Crippen LogP contribution >= 0.6 is 27.3 Å². The maximum absolute atomic E-state index is 12.2. The molecule has 2 N–H and O–H groups in total. The highest BCUT2D eigenvalue weighted by Gasteiger charge is 2.10. The number of halogens is 1. The number of carbonyl (C=O) groups excluding carboxylic acids is 1. The Kier molecular flexibility index (Phi) is 4.61. The summed E-state index contributed by atoms with van der Waals surface area (Å²) >= 11 is 5.03. The first-order valence-electron chi connectivity index (χ1n) is 5.91. The van der Waals surface area contributed by atoms with Crippen LogP contribution in [-0.2, 0) is 6.54 Å². The van der Waals surface area contributed by atoms with E-state index in [1.54, 1.807) is 11.3 Å². The van der Waals surface area contributed by atoms with Crippen molar-refractivity contribution in [2.24, 2.45) is 0 Å². The molecule has 1 heterocycles. The molecule has 0 spiro atoms. The molecule has 19 heavy (non-hydrogen) atoms. The molecule has 0 radical (unpaired) electrons. The van der Waals surface area contributed by atoms with E-state index in [0.717, 1.165) is 19.9 Å². The van der Waals surface area contributed by atoms with Crippen LogP contribution in [0.25, 0.3) is 0 Å². The molecule has 0 atom stereocenters. The van der Waals surface area contributed by atoms with Crippen LogP contribution in [0.3, 0.4) is 0 Å². The van der Waals surface area contributed by atoms with Crippen molar-refractivity contribution in [2.45, 2.75) is 13.5 Å². The van der Waals surface area contributed by atoms with Crippen LogP contribution < -0.4 is 10.6 Å². The molecule has 2 rings (SSSR count). The number of amides is 1. The van der Waals surface area contributed by atoms with Gasteiger partial charge < -0.3 is 10.6 Å². The Morgan fingerprint density at radius 1 is 1.32 bits per heavy atom. The zero-order valence-electron chi connectivity index (χ0n) is 10.8. The number of hydrogen-bond donors (Lipinski definition) is 2. The van der Waals surface area contributed by atoms with Gasteiger partial charge in [0.05, 0.1) is 15.9 Å². The largest absolute Gasteiger partial charge is 0.387 e. The van der Waals surface area contributed by atoms with Gasteiger partial charge in [0, 0.05) is 17.6 Å². The maximum Gasteiger partial charge on any atom is 0.253 e. The van der Waals surface area contributed by atoms with Gasteiger partial charge >= 0.3 is 0 Å². The molecule has 0 saturated heterocycles. The van der Waals surface area contributed by atoms with E-state index in [0.29, 0.717) is 12.1 Å². The Morgan fingerprint density at radius 2 is 2.11 bits per heavy atom. The van der Waals surface area contributed by atoms with E-state index < -0.39 is 0 Å². The lowest BCUT2D eigenvalue weighted by atomic mass is 10.1. The molecule has 1 aromatic heterocycles. The van der Waals surface area contributed by atoms with Gasteiger partial charge in [-0.15, -0.1) is 11.3 Å². The van der Waals surface area contributed by atoms with Crippen LogP contribution in [-0.4, -0.2) is 13.0 Å². The highest BCUT2D eigenvalue weighted by Crippen LogP contribution is 2.22. The van der Waals surface area contributed by atoms with Gasteiger partial charge in [0.15, 0.2) is 0 Å². The lowest BCUT2D eigenvalue weighted by Gasteiger charge is -2.10. The molecule has 0 fully saturated rings. The number of anilines is 1. The van der Waals surface area contributed by atoms with Gasteiger partial charge in [-0.25, -0.2) is 0 Å². The molecule has 0 bridgehead atoms. The fourth-order valence-corrected chi connectivity index (χ4v) is 3.20. The second-order valence-corrected chi connectivity index (χ2v) is 6.74. The zero-order chi connectivity index (χ0) is 13.8. The number of benzene rings is 1. The third kappa shape index (κ3) is 3.58. The number of hydrogen-bond acceptors (Lipinski definition) is 3. The van der Waals surface area contributed by atoms with E-state index in [2.05, 4.69) is 26.6 Å². The van der Waals surface area contributed by atoms with Gasteiger partial charge in [-0.05, 0) is 52.7 Å². The van der Waals surface area contributed by atoms with Gasteiger partial charge in [-0.2, -0.15) is 0 Å². The SMILES string of the molecule is CNc1cc(C)ccc1C(=O)NCc1ccc(Br)s1. The van der Waals surface area contributed by atoms with Crippen molar-refractivity contribution in [3.05, 3.63) is 50.1 Å². The predicted molar refractivity (Wildman–Crippen MR) is 83.9 cm³/mol. The molecular formula is C14H15BrN2OS. The standard InChI is InChI=1S/C14H15BrN2OS/c1-9-3-5-11(12(7-9)16-2)14(18)17-8-10-4-6-13(15)19-10/h3-7,16H,8H2,1-2H3,(H,17,18). The molecule has 3 nitrogen and oxygen atoms in total. The first-order chi connectivity index (χ1) is 9.10. The Hall–Kier alpha value is -1.33. The summed E-state index contributed by atoms with van der Waals surface area (Å²) in [5.74, 6) is -0.0612. The normalized spacial score (nSPS) is 10.3. The van der Waals surface area contributed by atoms with E-state index >= 15 is 0 Å². The average Bonchev–Trinajstić information content (AvgIpc) is 2.81. The molecule has 1 aromatic carbocycles. The Bertz CT molecular complexity index is 595. The van der Waals surface area contributed by atoms with Crippen LogP contribution in [0.1, 0.15) is 20.8 Å². The summed E-state index contributed by atoms with van der Waals surface area (Å²) in [6.07, 6.45) is 0. The fraction of sp³-hybridized carbons (Fsp3) is 0.214. The van der Waals surface area contributed by atoms with Crippen molar-refractivity contribution in [1.82, 2.24) is 5.32 Å². The number of carbonyl (C=O) groups is 1. The first kappa shape index (κ1) is 14.1. The Labute approximate surface area is 125 Å². The van der Waals surface area contributed by atoms with E-state index in [1.807, 2.05) is 44.3 Å². The topological polar surface area (TPSA) is 41.1 Å². The molecule has 0 aliphatic carbocycles. The minimum Gasteiger partial charge on any atom is -0.387 e. The van der Waals surface area contributed by atoms with Crippen molar-refractivity contribution in [1.29, 1.82) is 0 Å². The first-order valence-corrected chi connectivity index (χ1v) is 7.52. The number of thiophene rings is 1. The van der Waals surface area contributed by atoms with Gasteiger partial charge in [0.1, 0.15) is 0 Å². The highest BCUT2D eigenvalue weighted by atomic mass is 79.9. The van der Waals surface area contributed by atoms with Crippen LogP contribution in [0, 0.1) is 6.92 Å². The van der Waals surface area contributed by atoms with Gasteiger partial charge in [-0.3, -0.25) is 4.79 Å².